The van der Waals surface area contributed by atoms with Crippen molar-refractivity contribution in [2.45, 2.75) is 38.7 Å². The van der Waals surface area contributed by atoms with Gasteiger partial charge in [-0.3, -0.25) is 9.59 Å². The molecule has 0 bridgehead atoms. The van der Waals surface area contributed by atoms with Gasteiger partial charge in [0.2, 0.25) is 0 Å². The molecule has 1 aromatic rings. The van der Waals surface area contributed by atoms with Gasteiger partial charge in [-0.2, -0.15) is 5.26 Å². The Bertz CT molecular complexity index is 675. The molecule has 0 aromatic heterocycles. The van der Waals surface area contributed by atoms with E-state index < -0.39 is 39.4 Å². The number of carbonyl (C=O) groups excluding carboxylic acids is 1. The molecule has 0 saturated carbocycles. The van der Waals surface area contributed by atoms with Crippen molar-refractivity contribution in [2.75, 3.05) is 0 Å². The van der Waals surface area contributed by atoms with E-state index in [1.807, 2.05) is 0 Å². The van der Waals surface area contributed by atoms with Gasteiger partial charge < -0.3 is 9.84 Å². The molecule has 0 aliphatic carbocycles. The highest BCUT2D eigenvalue weighted by Gasteiger charge is 2.49. The fourth-order valence-electron chi connectivity index (χ4n) is 1.81. The van der Waals surface area contributed by atoms with Crippen molar-refractivity contribution in [1.82, 2.24) is 0 Å². The highest BCUT2D eigenvalue weighted by atomic mass is 35.5. The number of esters is 1. The van der Waals surface area contributed by atoms with E-state index >= 15 is 0 Å². The van der Waals surface area contributed by atoms with Crippen LogP contribution in [0, 0.1) is 17.1 Å². The summed E-state index contributed by atoms with van der Waals surface area (Å²) in [6, 6.07) is 3.72. The number of nitrogens with zero attached hydrogens (tertiary/aromatic N) is 1. The first-order valence-electron chi connectivity index (χ1n) is 6.30. The van der Waals surface area contributed by atoms with Crippen molar-refractivity contribution in [3.63, 3.8) is 0 Å². The Morgan fingerprint density at radius 1 is 1.32 bits per heavy atom. The molecule has 0 heterocycles. The van der Waals surface area contributed by atoms with Crippen LogP contribution in [0.25, 0.3) is 0 Å². The molecule has 118 valence electrons. The predicted octanol–water partition coefficient (Wildman–Crippen LogP) is 3.03. The van der Waals surface area contributed by atoms with E-state index in [1.54, 1.807) is 26.8 Å². The Kier molecular flexibility index (Phi) is 4.83. The van der Waals surface area contributed by atoms with Crippen LogP contribution in [0.1, 0.15) is 38.8 Å². The fourth-order valence-corrected chi connectivity index (χ4v) is 2.16. The minimum Gasteiger partial charge on any atom is -0.480 e. The van der Waals surface area contributed by atoms with E-state index in [4.69, 9.17) is 21.6 Å². The highest BCUT2D eigenvalue weighted by molar-refractivity contribution is 6.32. The van der Waals surface area contributed by atoms with Crippen molar-refractivity contribution in [3.8, 4) is 6.07 Å². The van der Waals surface area contributed by atoms with Gasteiger partial charge in [-0.25, -0.2) is 4.39 Å². The molecule has 0 radical (unpaired) electrons. The van der Waals surface area contributed by atoms with E-state index in [0.717, 1.165) is 19.1 Å². The van der Waals surface area contributed by atoms with Gasteiger partial charge in [0.05, 0.1) is 16.7 Å². The first-order valence-corrected chi connectivity index (χ1v) is 6.68. The quantitative estimate of drug-likeness (QED) is 0.681. The van der Waals surface area contributed by atoms with E-state index in [2.05, 4.69) is 0 Å². The summed E-state index contributed by atoms with van der Waals surface area (Å²) in [5.74, 6) is -3.64. The third-order valence-electron chi connectivity index (χ3n) is 2.95. The number of benzene rings is 1. The minimum atomic E-state index is -2.31. The normalized spacial score (nSPS) is 13.9. The first-order chi connectivity index (χ1) is 9.95. The lowest BCUT2D eigenvalue weighted by atomic mass is 9.79. The lowest BCUT2D eigenvalue weighted by Gasteiger charge is -2.29. The van der Waals surface area contributed by atoms with E-state index in [1.165, 1.54) is 0 Å². The first kappa shape index (κ1) is 17.9. The van der Waals surface area contributed by atoms with Crippen LogP contribution in [0.2, 0.25) is 5.02 Å². The van der Waals surface area contributed by atoms with Gasteiger partial charge in [0, 0.05) is 5.56 Å². The van der Waals surface area contributed by atoms with Gasteiger partial charge in [-0.15, -0.1) is 0 Å². The van der Waals surface area contributed by atoms with E-state index in [-0.39, 0.29) is 5.56 Å². The molecule has 0 amide bonds. The molecule has 0 aliphatic heterocycles. The van der Waals surface area contributed by atoms with Crippen molar-refractivity contribution >= 4 is 23.5 Å². The van der Waals surface area contributed by atoms with Crippen molar-refractivity contribution in [1.29, 1.82) is 5.26 Å². The number of halogens is 2. The van der Waals surface area contributed by atoms with Gasteiger partial charge in [0.15, 0.2) is 5.41 Å². The summed E-state index contributed by atoms with van der Waals surface area (Å²) in [5.41, 5.74) is -3.89. The zero-order chi connectivity index (χ0) is 17.3. The number of hydrogen-bond donors (Lipinski definition) is 1. The topological polar surface area (TPSA) is 87.4 Å². The monoisotopic (exact) mass is 327 g/mol. The zero-order valence-corrected chi connectivity index (χ0v) is 13.3. The van der Waals surface area contributed by atoms with Crippen molar-refractivity contribution in [2.24, 2.45) is 0 Å². The summed E-state index contributed by atoms with van der Waals surface area (Å²) in [6.45, 7) is 5.72. The SMILES string of the molecule is CC(C)(C)OC(=O)C(C)(C(=O)O)c1c(C#N)ccc(F)c1Cl. The summed E-state index contributed by atoms with van der Waals surface area (Å²) >= 11 is 5.82. The predicted molar refractivity (Wildman–Crippen MR) is 77.0 cm³/mol. The van der Waals surface area contributed by atoms with Crippen LogP contribution in [0.3, 0.4) is 0 Å². The Labute approximate surface area is 132 Å². The number of carboxylic acid groups (broad SMARTS) is 1. The molecule has 1 unspecified atom stereocenters. The molecule has 0 spiro atoms. The van der Waals surface area contributed by atoms with E-state index in [9.17, 15) is 19.1 Å². The molecule has 1 N–H and O–H groups in total. The number of aliphatic carboxylic acids is 1. The number of carbonyl (C=O) groups is 2. The summed E-state index contributed by atoms with van der Waals surface area (Å²) in [7, 11) is 0. The van der Waals surface area contributed by atoms with Crippen LogP contribution >= 0.6 is 11.6 Å². The van der Waals surface area contributed by atoms with E-state index in [0.29, 0.717) is 0 Å². The second-order valence-corrected chi connectivity index (χ2v) is 6.21. The second kappa shape index (κ2) is 5.93. The maximum Gasteiger partial charge on any atom is 0.328 e. The third-order valence-corrected chi connectivity index (χ3v) is 3.32. The Hall–Kier alpha value is -2.13. The molecule has 1 rings (SSSR count). The molecule has 1 atom stereocenters. The molecule has 5 nitrogen and oxygen atoms in total. The maximum absolute atomic E-state index is 13.7. The van der Waals surface area contributed by atoms with Crippen molar-refractivity contribution in [3.05, 3.63) is 34.1 Å². The average Bonchev–Trinajstić information content (AvgIpc) is 2.38. The highest BCUT2D eigenvalue weighted by Crippen LogP contribution is 2.37. The molecule has 22 heavy (non-hydrogen) atoms. The zero-order valence-electron chi connectivity index (χ0n) is 12.5. The molecular weight excluding hydrogens is 313 g/mol. The van der Waals surface area contributed by atoms with Crippen LogP contribution in [-0.2, 0) is 19.7 Å². The molecule has 0 aliphatic rings. The number of carboxylic acids is 1. The number of hydrogen-bond acceptors (Lipinski definition) is 4. The van der Waals surface area contributed by atoms with Gasteiger partial charge in [-0.05, 0) is 39.8 Å². The summed E-state index contributed by atoms with van der Waals surface area (Å²) in [4.78, 5) is 24.0. The third kappa shape index (κ3) is 3.20. The van der Waals surface area contributed by atoms with Gasteiger partial charge in [0.1, 0.15) is 11.4 Å². The van der Waals surface area contributed by atoms with Gasteiger partial charge >= 0.3 is 11.9 Å². The fraction of sp³-hybridized carbons (Fsp3) is 0.400. The second-order valence-electron chi connectivity index (χ2n) is 5.83. The molecular formula is C15H15ClFNO4. The summed E-state index contributed by atoms with van der Waals surface area (Å²) < 4.78 is 18.8. The minimum absolute atomic E-state index is 0.206. The Morgan fingerprint density at radius 3 is 2.27 bits per heavy atom. The van der Waals surface area contributed by atoms with Gasteiger partial charge in [-0.1, -0.05) is 11.6 Å². The standard InChI is InChI=1S/C15H15ClFNO4/c1-14(2,3)22-13(21)15(4,12(19)20)10-8(7-18)5-6-9(17)11(10)16/h5-6H,1-4H3,(H,19,20). The van der Waals surface area contributed by atoms with Crippen LogP contribution < -0.4 is 0 Å². The van der Waals surface area contributed by atoms with Crippen LogP contribution in [0.5, 0.6) is 0 Å². The number of nitriles is 1. The summed E-state index contributed by atoms with van der Waals surface area (Å²) in [6.07, 6.45) is 0. The average molecular weight is 328 g/mol. The lowest BCUT2D eigenvalue weighted by molar-refractivity contribution is -0.168. The largest absolute Gasteiger partial charge is 0.480 e. The van der Waals surface area contributed by atoms with Crippen LogP contribution in [0.4, 0.5) is 4.39 Å². The number of rotatable bonds is 3. The molecule has 7 heteroatoms. The van der Waals surface area contributed by atoms with Crippen molar-refractivity contribution < 1.29 is 23.8 Å². The lowest BCUT2D eigenvalue weighted by Crippen LogP contribution is -2.45. The van der Waals surface area contributed by atoms with Crippen LogP contribution in [-0.4, -0.2) is 22.6 Å². The van der Waals surface area contributed by atoms with Crippen LogP contribution in [0.15, 0.2) is 12.1 Å². The number of ether oxygens (including phenoxy) is 1. The smallest absolute Gasteiger partial charge is 0.328 e. The maximum atomic E-state index is 13.7. The Balaban J connectivity index is 3.65. The van der Waals surface area contributed by atoms with Gasteiger partial charge in [0.25, 0.3) is 0 Å². The Morgan fingerprint density at radius 2 is 1.86 bits per heavy atom. The molecule has 1 aromatic carbocycles. The summed E-state index contributed by atoms with van der Waals surface area (Å²) in [5, 5.41) is 18.0. The molecule has 0 fully saturated rings. The molecule has 0 saturated heterocycles.